The maximum atomic E-state index is 12.2. The van der Waals surface area contributed by atoms with Crippen molar-refractivity contribution >= 4 is 23.3 Å². The molecule has 2 unspecified atom stereocenters. The molecule has 1 aromatic rings. The number of hydrogen-bond acceptors (Lipinski definition) is 3. The van der Waals surface area contributed by atoms with E-state index in [1.54, 1.807) is 6.07 Å². The fourth-order valence-electron chi connectivity index (χ4n) is 2.32. The van der Waals surface area contributed by atoms with Crippen molar-refractivity contribution in [1.82, 2.24) is 10.3 Å². The summed E-state index contributed by atoms with van der Waals surface area (Å²) in [6, 6.07) is 2.04. The maximum Gasteiger partial charge on any atom is 0.253 e. The van der Waals surface area contributed by atoms with Crippen molar-refractivity contribution < 1.29 is 4.79 Å². The van der Waals surface area contributed by atoms with Crippen LogP contribution in [-0.2, 0) is 0 Å². The van der Waals surface area contributed by atoms with Crippen molar-refractivity contribution in [3.63, 3.8) is 0 Å². The number of anilines is 1. The van der Waals surface area contributed by atoms with E-state index in [4.69, 9.17) is 11.6 Å². The van der Waals surface area contributed by atoms with E-state index in [0.29, 0.717) is 28.4 Å². The van der Waals surface area contributed by atoms with Gasteiger partial charge in [-0.3, -0.25) is 4.79 Å². The molecular weight excluding hydrogens is 274 g/mol. The van der Waals surface area contributed by atoms with Crippen LogP contribution in [0.5, 0.6) is 0 Å². The Morgan fingerprint density at radius 2 is 2.25 bits per heavy atom. The minimum atomic E-state index is -0.0967. The van der Waals surface area contributed by atoms with E-state index in [-0.39, 0.29) is 5.91 Å². The summed E-state index contributed by atoms with van der Waals surface area (Å²) in [4.78, 5) is 16.4. The smallest absolute Gasteiger partial charge is 0.253 e. The van der Waals surface area contributed by atoms with Gasteiger partial charge in [-0.1, -0.05) is 31.9 Å². The molecule has 1 heterocycles. The summed E-state index contributed by atoms with van der Waals surface area (Å²) < 4.78 is 0. The highest BCUT2D eigenvalue weighted by molar-refractivity contribution is 6.33. The standard InChI is InChI=1S/C15H22ClN3O/c1-3-5-10-7-13(10)19-15(20)11-8-14(17-6-4-2)18-9-12(11)16/h8-10,13H,3-7H2,1-2H3,(H,17,18)(H,19,20). The molecule has 4 nitrogen and oxygen atoms in total. The Balaban J connectivity index is 1.98. The highest BCUT2D eigenvalue weighted by Gasteiger charge is 2.37. The average molecular weight is 296 g/mol. The molecule has 1 aliphatic rings. The Morgan fingerprint density at radius 3 is 2.95 bits per heavy atom. The minimum Gasteiger partial charge on any atom is -0.370 e. The van der Waals surface area contributed by atoms with Gasteiger partial charge in [0.1, 0.15) is 5.82 Å². The molecule has 0 spiro atoms. The average Bonchev–Trinajstić information content (AvgIpc) is 3.16. The summed E-state index contributed by atoms with van der Waals surface area (Å²) >= 11 is 6.08. The Bertz CT molecular complexity index is 478. The lowest BCUT2D eigenvalue weighted by atomic mass is 10.2. The number of nitrogens with zero attached hydrogens (tertiary/aromatic N) is 1. The Hall–Kier alpha value is -1.29. The van der Waals surface area contributed by atoms with E-state index < -0.39 is 0 Å². The molecular formula is C15H22ClN3O. The topological polar surface area (TPSA) is 54.0 Å². The van der Waals surface area contributed by atoms with E-state index >= 15 is 0 Å². The lowest BCUT2D eigenvalue weighted by Gasteiger charge is -2.09. The largest absolute Gasteiger partial charge is 0.370 e. The zero-order chi connectivity index (χ0) is 14.5. The van der Waals surface area contributed by atoms with Crippen molar-refractivity contribution in [3.05, 3.63) is 22.8 Å². The first-order valence-electron chi connectivity index (χ1n) is 7.36. The molecule has 0 radical (unpaired) electrons. The highest BCUT2D eigenvalue weighted by Crippen LogP contribution is 2.35. The fraction of sp³-hybridized carbons (Fsp3) is 0.600. The molecule has 2 atom stereocenters. The molecule has 2 N–H and O–H groups in total. The van der Waals surface area contributed by atoms with Gasteiger partial charge in [-0.05, 0) is 31.2 Å². The van der Waals surface area contributed by atoms with Gasteiger partial charge in [0.15, 0.2) is 0 Å². The van der Waals surface area contributed by atoms with Crippen molar-refractivity contribution in [1.29, 1.82) is 0 Å². The third-order valence-corrected chi connectivity index (χ3v) is 3.86. The number of carbonyl (C=O) groups is 1. The molecule has 1 saturated carbocycles. The molecule has 5 heteroatoms. The lowest BCUT2D eigenvalue weighted by Crippen LogP contribution is -2.27. The fourth-order valence-corrected chi connectivity index (χ4v) is 2.51. The summed E-state index contributed by atoms with van der Waals surface area (Å²) in [5.74, 6) is 1.24. The molecule has 0 saturated heterocycles. The quantitative estimate of drug-likeness (QED) is 0.810. The summed E-state index contributed by atoms with van der Waals surface area (Å²) in [5.41, 5.74) is 0.502. The molecule has 110 valence electrons. The van der Waals surface area contributed by atoms with Crippen LogP contribution in [0.4, 0.5) is 5.82 Å². The van der Waals surface area contributed by atoms with Gasteiger partial charge in [-0.2, -0.15) is 0 Å². The minimum absolute atomic E-state index is 0.0967. The van der Waals surface area contributed by atoms with Crippen LogP contribution in [0.25, 0.3) is 0 Å². The van der Waals surface area contributed by atoms with Crippen molar-refractivity contribution in [2.75, 3.05) is 11.9 Å². The van der Waals surface area contributed by atoms with Crippen LogP contribution in [0.1, 0.15) is 49.9 Å². The van der Waals surface area contributed by atoms with E-state index in [1.165, 1.54) is 12.6 Å². The van der Waals surface area contributed by atoms with Gasteiger partial charge in [-0.15, -0.1) is 0 Å². The first-order valence-corrected chi connectivity index (χ1v) is 7.73. The van der Waals surface area contributed by atoms with Crippen LogP contribution in [0.15, 0.2) is 12.3 Å². The second-order valence-electron chi connectivity index (χ2n) is 5.34. The molecule has 0 bridgehead atoms. The highest BCUT2D eigenvalue weighted by atomic mass is 35.5. The van der Waals surface area contributed by atoms with E-state index in [9.17, 15) is 4.79 Å². The van der Waals surface area contributed by atoms with Crippen molar-refractivity contribution in [2.24, 2.45) is 5.92 Å². The number of amides is 1. The number of halogens is 1. The first-order chi connectivity index (χ1) is 9.65. The molecule has 1 amide bonds. The van der Waals surface area contributed by atoms with Gasteiger partial charge in [0, 0.05) is 18.8 Å². The third kappa shape index (κ3) is 3.85. The van der Waals surface area contributed by atoms with E-state index in [0.717, 1.165) is 25.8 Å². The number of pyridine rings is 1. The van der Waals surface area contributed by atoms with Crippen LogP contribution in [0.2, 0.25) is 5.02 Å². The Morgan fingerprint density at radius 1 is 1.45 bits per heavy atom. The van der Waals surface area contributed by atoms with Gasteiger partial charge >= 0.3 is 0 Å². The number of carbonyl (C=O) groups excluding carboxylic acids is 1. The SMILES string of the molecule is CCCNc1cc(C(=O)NC2CC2CCC)c(Cl)cn1. The predicted octanol–water partition coefficient (Wildman–Crippen LogP) is 3.48. The van der Waals surface area contributed by atoms with Crippen LogP contribution in [0.3, 0.4) is 0 Å². The third-order valence-electron chi connectivity index (χ3n) is 3.55. The van der Waals surface area contributed by atoms with Crippen molar-refractivity contribution in [2.45, 2.75) is 45.6 Å². The molecule has 1 aliphatic carbocycles. The zero-order valence-electron chi connectivity index (χ0n) is 12.1. The van der Waals surface area contributed by atoms with Gasteiger partial charge in [0.2, 0.25) is 0 Å². The molecule has 0 aliphatic heterocycles. The number of hydrogen-bond donors (Lipinski definition) is 2. The molecule has 1 aromatic heterocycles. The first kappa shape index (κ1) is 15.1. The summed E-state index contributed by atoms with van der Waals surface area (Å²) in [6.45, 7) is 5.08. The van der Waals surface area contributed by atoms with E-state index in [1.807, 2.05) is 0 Å². The monoisotopic (exact) mass is 295 g/mol. The van der Waals surface area contributed by atoms with Crippen LogP contribution >= 0.6 is 11.6 Å². The van der Waals surface area contributed by atoms with Gasteiger partial charge < -0.3 is 10.6 Å². The lowest BCUT2D eigenvalue weighted by molar-refractivity contribution is 0.0949. The summed E-state index contributed by atoms with van der Waals surface area (Å²) in [6.07, 6.45) is 5.97. The normalized spacial score (nSPS) is 20.6. The van der Waals surface area contributed by atoms with Crippen LogP contribution < -0.4 is 10.6 Å². The number of rotatable bonds is 7. The molecule has 1 fully saturated rings. The van der Waals surface area contributed by atoms with Gasteiger partial charge in [0.25, 0.3) is 5.91 Å². The second-order valence-corrected chi connectivity index (χ2v) is 5.75. The molecule has 20 heavy (non-hydrogen) atoms. The number of aromatic nitrogens is 1. The Kier molecular flexibility index (Phi) is 5.24. The predicted molar refractivity (Wildman–Crippen MR) is 82.3 cm³/mol. The van der Waals surface area contributed by atoms with E-state index in [2.05, 4.69) is 29.5 Å². The molecule has 2 rings (SSSR count). The molecule has 0 aromatic carbocycles. The maximum absolute atomic E-state index is 12.2. The Labute approximate surface area is 125 Å². The zero-order valence-corrected chi connectivity index (χ0v) is 12.8. The number of nitrogens with one attached hydrogen (secondary N) is 2. The van der Waals surface area contributed by atoms with Gasteiger partial charge in [-0.25, -0.2) is 4.98 Å². The summed E-state index contributed by atoms with van der Waals surface area (Å²) in [5, 5.41) is 6.62. The van der Waals surface area contributed by atoms with Crippen LogP contribution in [0, 0.1) is 5.92 Å². The van der Waals surface area contributed by atoms with Gasteiger partial charge in [0.05, 0.1) is 10.6 Å². The second kappa shape index (κ2) is 6.93. The van der Waals surface area contributed by atoms with Crippen molar-refractivity contribution in [3.8, 4) is 0 Å². The summed E-state index contributed by atoms with van der Waals surface area (Å²) in [7, 11) is 0. The van der Waals surface area contributed by atoms with Crippen LogP contribution in [-0.4, -0.2) is 23.5 Å².